The summed E-state index contributed by atoms with van der Waals surface area (Å²) in [6.07, 6.45) is 3.21. The molecule has 0 spiro atoms. The highest BCUT2D eigenvalue weighted by atomic mass is 127. The normalized spacial score (nSPS) is 10.4. The van der Waals surface area contributed by atoms with Crippen molar-refractivity contribution < 1.29 is 4.92 Å². The third kappa shape index (κ3) is 3.88. The molecule has 1 heterocycles. The molecule has 0 unspecified atom stereocenters. The molecule has 2 rings (SSSR count). The van der Waals surface area contributed by atoms with Gasteiger partial charge in [0, 0.05) is 34.4 Å². The molecule has 0 saturated carbocycles. The van der Waals surface area contributed by atoms with Crippen molar-refractivity contribution in [1.82, 2.24) is 15.2 Å². The maximum Gasteiger partial charge on any atom is 0.270 e. The number of nitro groups is 1. The summed E-state index contributed by atoms with van der Waals surface area (Å²) in [5.41, 5.74) is 1.01. The van der Waals surface area contributed by atoms with Crippen LogP contribution in [0.1, 0.15) is 12.2 Å². The van der Waals surface area contributed by atoms with E-state index in [1.165, 1.54) is 12.4 Å². The van der Waals surface area contributed by atoms with Crippen LogP contribution in [0, 0.1) is 13.7 Å². The number of aromatic nitrogens is 3. The van der Waals surface area contributed by atoms with Gasteiger partial charge in [-0.05, 0) is 35.1 Å². The number of hydrogen-bond acceptors (Lipinski definition) is 5. The number of nitrogens with zero attached hydrogens (tertiary/aromatic N) is 3. The highest BCUT2D eigenvalue weighted by molar-refractivity contribution is 14.1. The monoisotopic (exact) mass is 373 g/mol. The first-order valence-electron chi connectivity index (χ1n) is 5.69. The first-order valence-corrected chi connectivity index (χ1v) is 6.77. The lowest BCUT2D eigenvalue weighted by Crippen LogP contribution is -2.05. The van der Waals surface area contributed by atoms with Gasteiger partial charge in [-0.3, -0.25) is 15.2 Å². The quantitative estimate of drug-likeness (QED) is 0.351. The van der Waals surface area contributed by atoms with Crippen LogP contribution in [0.15, 0.2) is 24.5 Å². The molecule has 0 bridgehead atoms. The number of H-pyrrole nitrogens is 1. The van der Waals surface area contributed by atoms with Crippen LogP contribution in [0.4, 0.5) is 11.4 Å². The summed E-state index contributed by atoms with van der Waals surface area (Å²) in [5.74, 6) is 0.861. The minimum absolute atomic E-state index is 0.108. The standard InChI is InChI=1S/C11H12IN5O2/c12-9-6-8(17(18)19)3-4-10(9)13-5-1-2-11-14-7-15-16-11/h3-4,6-7,13H,1-2,5H2,(H,14,15,16). The van der Waals surface area contributed by atoms with Crippen molar-refractivity contribution >= 4 is 34.0 Å². The average Bonchev–Trinajstić information content (AvgIpc) is 2.89. The smallest absolute Gasteiger partial charge is 0.270 e. The molecule has 0 aliphatic carbocycles. The van der Waals surface area contributed by atoms with Gasteiger partial charge in [-0.1, -0.05) is 0 Å². The lowest BCUT2D eigenvalue weighted by atomic mass is 10.2. The number of nitro benzene ring substituents is 1. The molecule has 1 aromatic carbocycles. The molecule has 0 fully saturated rings. The second-order valence-electron chi connectivity index (χ2n) is 3.88. The van der Waals surface area contributed by atoms with Gasteiger partial charge in [-0.15, -0.1) is 0 Å². The van der Waals surface area contributed by atoms with E-state index in [0.29, 0.717) is 0 Å². The Kier molecular flexibility index (Phi) is 4.66. The summed E-state index contributed by atoms with van der Waals surface area (Å²) in [6.45, 7) is 0.772. The van der Waals surface area contributed by atoms with Crippen molar-refractivity contribution in [1.29, 1.82) is 0 Å². The van der Waals surface area contributed by atoms with Gasteiger partial charge >= 0.3 is 0 Å². The number of halogens is 1. The Labute approximate surface area is 123 Å². The number of anilines is 1. The highest BCUT2D eigenvalue weighted by Gasteiger charge is 2.08. The number of rotatable bonds is 6. The minimum Gasteiger partial charge on any atom is -0.384 e. The summed E-state index contributed by atoms with van der Waals surface area (Å²) >= 11 is 2.09. The van der Waals surface area contributed by atoms with Crippen LogP contribution in [0.25, 0.3) is 0 Å². The van der Waals surface area contributed by atoms with E-state index in [-0.39, 0.29) is 5.69 Å². The van der Waals surface area contributed by atoms with Gasteiger partial charge in [0.1, 0.15) is 12.2 Å². The van der Waals surface area contributed by atoms with E-state index < -0.39 is 4.92 Å². The van der Waals surface area contributed by atoms with Gasteiger partial charge in [-0.2, -0.15) is 5.10 Å². The number of hydrogen-bond donors (Lipinski definition) is 2. The van der Waals surface area contributed by atoms with Crippen LogP contribution in [-0.2, 0) is 6.42 Å². The van der Waals surface area contributed by atoms with Crippen molar-refractivity contribution in [2.24, 2.45) is 0 Å². The number of aryl methyl sites for hydroxylation is 1. The molecular formula is C11H12IN5O2. The summed E-state index contributed by atoms with van der Waals surface area (Å²) in [7, 11) is 0. The molecular weight excluding hydrogens is 361 g/mol. The average molecular weight is 373 g/mol. The van der Waals surface area contributed by atoms with E-state index in [1.54, 1.807) is 12.1 Å². The van der Waals surface area contributed by atoms with Gasteiger partial charge in [0.2, 0.25) is 0 Å². The van der Waals surface area contributed by atoms with E-state index >= 15 is 0 Å². The molecule has 19 heavy (non-hydrogen) atoms. The molecule has 7 nitrogen and oxygen atoms in total. The van der Waals surface area contributed by atoms with E-state index in [4.69, 9.17) is 0 Å². The predicted molar refractivity (Wildman–Crippen MR) is 79.0 cm³/mol. The van der Waals surface area contributed by atoms with Crippen molar-refractivity contribution in [2.45, 2.75) is 12.8 Å². The zero-order chi connectivity index (χ0) is 13.7. The number of aromatic amines is 1. The highest BCUT2D eigenvalue weighted by Crippen LogP contribution is 2.23. The molecule has 0 atom stereocenters. The van der Waals surface area contributed by atoms with E-state index in [1.807, 2.05) is 0 Å². The first kappa shape index (κ1) is 13.7. The summed E-state index contributed by atoms with van der Waals surface area (Å²) in [4.78, 5) is 14.3. The van der Waals surface area contributed by atoms with Crippen molar-refractivity contribution in [3.8, 4) is 0 Å². The Morgan fingerprint density at radius 1 is 1.47 bits per heavy atom. The molecule has 1 aromatic heterocycles. The van der Waals surface area contributed by atoms with Crippen LogP contribution in [0.3, 0.4) is 0 Å². The zero-order valence-corrected chi connectivity index (χ0v) is 12.1. The van der Waals surface area contributed by atoms with Crippen molar-refractivity contribution in [3.63, 3.8) is 0 Å². The Balaban J connectivity index is 1.84. The Bertz CT molecular complexity index is 558. The molecule has 0 aliphatic heterocycles. The molecule has 0 saturated heterocycles. The largest absolute Gasteiger partial charge is 0.384 e. The maximum atomic E-state index is 10.6. The molecule has 8 heteroatoms. The predicted octanol–water partition coefficient (Wildman–Crippen LogP) is 2.36. The molecule has 0 radical (unpaired) electrons. The number of benzene rings is 1. The Hall–Kier alpha value is -1.71. The van der Waals surface area contributed by atoms with Crippen LogP contribution >= 0.6 is 22.6 Å². The second-order valence-corrected chi connectivity index (χ2v) is 5.05. The molecule has 2 aromatic rings. The van der Waals surface area contributed by atoms with Crippen LogP contribution in [0.2, 0.25) is 0 Å². The SMILES string of the molecule is O=[N+]([O-])c1ccc(NCCCc2ncn[nH]2)c(I)c1. The molecule has 0 amide bonds. The summed E-state index contributed by atoms with van der Waals surface area (Å²) in [5, 5.41) is 20.5. The van der Waals surface area contributed by atoms with E-state index in [2.05, 4.69) is 43.1 Å². The summed E-state index contributed by atoms with van der Waals surface area (Å²) in [6, 6.07) is 4.79. The first-order chi connectivity index (χ1) is 9.16. The Morgan fingerprint density at radius 2 is 2.32 bits per heavy atom. The summed E-state index contributed by atoms with van der Waals surface area (Å²) < 4.78 is 0.839. The maximum absolute atomic E-state index is 10.6. The zero-order valence-electron chi connectivity index (χ0n) is 9.97. The fraction of sp³-hybridized carbons (Fsp3) is 0.273. The topological polar surface area (TPSA) is 96.7 Å². The van der Waals surface area contributed by atoms with Crippen LogP contribution in [-0.4, -0.2) is 26.6 Å². The van der Waals surface area contributed by atoms with Gasteiger partial charge in [0.25, 0.3) is 5.69 Å². The third-order valence-corrected chi connectivity index (χ3v) is 3.43. The second kappa shape index (κ2) is 6.45. The Morgan fingerprint density at radius 3 is 2.95 bits per heavy atom. The molecule has 100 valence electrons. The van der Waals surface area contributed by atoms with Gasteiger partial charge in [-0.25, -0.2) is 4.98 Å². The molecule has 0 aliphatic rings. The van der Waals surface area contributed by atoms with E-state index in [0.717, 1.165) is 34.5 Å². The van der Waals surface area contributed by atoms with Crippen molar-refractivity contribution in [2.75, 3.05) is 11.9 Å². The fourth-order valence-electron chi connectivity index (χ4n) is 1.59. The lowest BCUT2D eigenvalue weighted by molar-refractivity contribution is -0.384. The third-order valence-electron chi connectivity index (χ3n) is 2.53. The van der Waals surface area contributed by atoms with Crippen molar-refractivity contribution in [3.05, 3.63) is 44.0 Å². The van der Waals surface area contributed by atoms with Gasteiger partial charge < -0.3 is 5.32 Å². The number of non-ortho nitro benzene ring substituents is 1. The van der Waals surface area contributed by atoms with E-state index in [9.17, 15) is 10.1 Å². The number of nitrogens with one attached hydrogen (secondary N) is 2. The fourth-order valence-corrected chi connectivity index (χ4v) is 2.28. The van der Waals surface area contributed by atoms with Gasteiger partial charge in [0.05, 0.1) is 4.92 Å². The molecule has 2 N–H and O–H groups in total. The minimum atomic E-state index is -0.393. The lowest BCUT2D eigenvalue weighted by Gasteiger charge is -2.07. The van der Waals surface area contributed by atoms with Gasteiger partial charge in [0.15, 0.2) is 0 Å². The van der Waals surface area contributed by atoms with Crippen LogP contribution in [0.5, 0.6) is 0 Å². The van der Waals surface area contributed by atoms with Crippen LogP contribution < -0.4 is 5.32 Å².